The lowest BCUT2D eigenvalue weighted by Gasteiger charge is -2.42. The minimum Gasteiger partial charge on any atom is -0.413 e. The fourth-order valence-electron chi connectivity index (χ4n) is 2.76. The number of nitriles is 1. The fraction of sp³-hybridized carbons (Fsp3) is 0.571. The Morgan fingerprint density at radius 3 is 2.21 bits per heavy atom. The predicted molar refractivity (Wildman–Crippen MR) is 102 cm³/mol. The van der Waals surface area contributed by atoms with Gasteiger partial charge in [-0.25, -0.2) is 0 Å². The molecule has 0 radical (unpaired) electrons. The van der Waals surface area contributed by atoms with E-state index < -0.39 is 8.32 Å². The smallest absolute Gasteiger partial charge is 0.192 e. The zero-order valence-electron chi connectivity index (χ0n) is 15.6. The summed E-state index contributed by atoms with van der Waals surface area (Å²) in [4.78, 5) is 0. The van der Waals surface area contributed by atoms with E-state index in [1.807, 2.05) is 24.3 Å². The van der Waals surface area contributed by atoms with Crippen LogP contribution >= 0.6 is 0 Å². The molecule has 1 aliphatic carbocycles. The Bertz CT molecular complexity index is 652. The maximum atomic E-state index is 8.87. The van der Waals surface area contributed by atoms with Crippen molar-refractivity contribution in [2.24, 2.45) is 5.92 Å². The van der Waals surface area contributed by atoms with Crippen LogP contribution in [0.1, 0.15) is 57.6 Å². The van der Waals surface area contributed by atoms with Gasteiger partial charge in [0, 0.05) is 11.5 Å². The average Bonchev–Trinajstić information content (AvgIpc) is 2.53. The van der Waals surface area contributed by atoms with Crippen molar-refractivity contribution in [3.05, 3.63) is 35.4 Å². The number of rotatable bonds is 2. The van der Waals surface area contributed by atoms with Crippen molar-refractivity contribution in [2.75, 3.05) is 0 Å². The van der Waals surface area contributed by atoms with Gasteiger partial charge in [0.15, 0.2) is 8.32 Å². The van der Waals surface area contributed by atoms with Gasteiger partial charge in [-0.2, -0.15) is 5.26 Å². The maximum Gasteiger partial charge on any atom is 0.192 e. The molecule has 1 saturated carbocycles. The van der Waals surface area contributed by atoms with Crippen molar-refractivity contribution in [1.29, 1.82) is 5.26 Å². The van der Waals surface area contributed by atoms with Crippen LogP contribution in [0.15, 0.2) is 24.3 Å². The van der Waals surface area contributed by atoms with Gasteiger partial charge in [-0.15, -0.1) is 0 Å². The summed E-state index contributed by atoms with van der Waals surface area (Å²) in [5, 5.41) is 9.10. The fourth-order valence-corrected chi connectivity index (χ4v) is 4.15. The molecule has 0 unspecified atom stereocenters. The van der Waals surface area contributed by atoms with E-state index in [1.165, 1.54) is 12.8 Å². The zero-order valence-corrected chi connectivity index (χ0v) is 16.6. The highest BCUT2D eigenvalue weighted by atomic mass is 28.4. The lowest BCUT2D eigenvalue weighted by molar-refractivity contribution is 0.106. The molecule has 0 bridgehead atoms. The molecule has 0 amide bonds. The molecule has 1 aromatic rings. The Morgan fingerprint density at radius 1 is 1.04 bits per heavy atom. The Balaban J connectivity index is 2.12. The average molecular weight is 340 g/mol. The van der Waals surface area contributed by atoms with Crippen molar-refractivity contribution in [3.63, 3.8) is 0 Å². The molecule has 0 spiro atoms. The third kappa shape index (κ3) is 4.73. The van der Waals surface area contributed by atoms with Crippen molar-refractivity contribution in [2.45, 2.75) is 70.7 Å². The third-order valence-electron chi connectivity index (χ3n) is 5.37. The van der Waals surface area contributed by atoms with E-state index in [4.69, 9.17) is 9.69 Å². The summed E-state index contributed by atoms with van der Waals surface area (Å²) < 4.78 is 6.67. The topological polar surface area (TPSA) is 33.0 Å². The first kappa shape index (κ1) is 18.8. The van der Waals surface area contributed by atoms with Crippen molar-refractivity contribution < 1.29 is 4.43 Å². The molecule has 1 fully saturated rings. The summed E-state index contributed by atoms with van der Waals surface area (Å²) in [7, 11) is -1.76. The van der Waals surface area contributed by atoms with E-state index in [1.54, 1.807) is 0 Å². The van der Waals surface area contributed by atoms with Crippen LogP contribution in [0.4, 0.5) is 0 Å². The van der Waals surface area contributed by atoms with Crippen LogP contribution in [0, 0.1) is 29.1 Å². The first-order valence-electron chi connectivity index (χ1n) is 8.92. The van der Waals surface area contributed by atoms with E-state index in [-0.39, 0.29) is 11.1 Å². The Kier molecular flexibility index (Phi) is 5.91. The normalized spacial score (nSPS) is 21.5. The van der Waals surface area contributed by atoms with Crippen LogP contribution in [0.3, 0.4) is 0 Å². The lowest BCUT2D eigenvalue weighted by atomic mass is 9.87. The summed E-state index contributed by atoms with van der Waals surface area (Å²) in [6.45, 7) is 11.5. The van der Waals surface area contributed by atoms with E-state index in [0.29, 0.717) is 11.5 Å². The molecular weight excluding hydrogens is 310 g/mol. The molecule has 0 aromatic heterocycles. The second-order valence-corrected chi connectivity index (χ2v) is 13.0. The summed E-state index contributed by atoms with van der Waals surface area (Å²) >= 11 is 0. The van der Waals surface area contributed by atoms with Gasteiger partial charge in [-0.3, -0.25) is 0 Å². The standard InChI is InChI=1S/C21H29NOSi/c1-21(2,3)24(4,5)23-20-9-7-6-8-19(20)15-14-17-10-12-18(16-22)13-11-17/h10-13,19-20H,6-9H2,1-5H3/t19-,20+/m0/s1. The quantitative estimate of drug-likeness (QED) is 0.527. The Morgan fingerprint density at radius 2 is 1.62 bits per heavy atom. The minimum absolute atomic E-state index is 0.232. The van der Waals surface area contributed by atoms with Crippen molar-refractivity contribution in [3.8, 4) is 17.9 Å². The van der Waals surface area contributed by atoms with Crippen molar-refractivity contribution >= 4 is 8.32 Å². The summed E-state index contributed by atoms with van der Waals surface area (Å²) in [5.74, 6) is 7.08. The number of nitrogens with zero attached hydrogens (tertiary/aromatic N) is 1. The van der Waals surface area contributed by atoms with Gasteiger partial charge in [0.25, 0.3) is 0 Å². The molecule has 3 heteroatoms. The van der Waals surface area contributed by atoms with Crippen LogP contribution in [0.2, 0.25) is 18.1 Å². The SMILES string of the molecule is CC(C)(C)[Si](C)(C)O[C@@H]1CCCC[C@H]1C#Cc1ccc(C#N)cc1. The molecule has 0 N–H and O–H groups in total. The molecule has 24 heavy (non-hydrogen) atoms. The monoisotopic (exact) mass is 339 g/mol. The zero-order chi connectivity index (χ0) is 17.8. The molecule has 2 nitrogen and oxygen atoms in total. The van der Waals surface area contributed by atoms with E-state index in [9.17, 15) is 0 Å². The maximum absolute atomic E-state index is 8.87. The van der Waals surface area contributed by atoms with Gasteiger partial charge in [0.05, 0.1) is 17.7 Å². The number of hydrogen-bond donors (Lipinski definition) is 0. The second kappa shape index (κ2) is 7.56. The van der Waals surface area contributed by atoms with Crippen molar-refractivity contribution in [1.82, 2.24) is 0 Å². The van der Waals surface area contributed by atoms with Crippen LogP contribution < -0.4 is 0 Å². The Hall–Kier alpha value is -1.55. The van der Waals surface area contributed by atoms with Gasteiger partial charge >= 0.3 is 0 Å². The first-order chi connectivity index (χ1) is 11.2. The summed E-state index contributed by atoms with van der Waals surface area (Å²) in [5.41, 5.74) is 1.66. The Labute approximate surface area is 148 Å². The molecule has 1 aromatic carbocycles. The van der Waals surface area contributed by atoms with E-state index in [0.717, 1.165) is 18.4 Å². The first-order valence-corrected chi connectivity index (χ1v) is 11.8. The minimum atomic E-state index is -1.76. The summed E-state index contributed by atoms with van der Waals surface area (Å²) in [6, 6.07) is 9.66. The largest absolute Gasteiger partial charge is 0.413 e. The molecule has 1 aliphatic rings. The second-order valence-electron chi connectivity index (χ2n) is 8.27. The molecule has 2 atom stereocenters. The van der Waals surface area contributed by atoms with Crippen LogP contribution in [-0.4, -0.2) is 14.4 Å². The molecule has 0 heterocycles. The van der Waals surface area contributed by atoms with Crippen LogP contribution in [-0.2, 0) is 4.43 Å². The predicted octanol–water partition coefficient (Wildman–Crippen LogP) is 5.49. The highest BCUT2D eigenvalue weighted by Crippen LogP contribution is 2.40. The lowest BCUT2D eigenvalue weighted by Crippen LogP contribution is -2.46. The van der Waals surface area contributed by atoms with Crippen LogP contribution in [0.5, 0.6) is 0 Å². The highest BCUT2D eigenvalue weighted by molar-refractivity contribution is 6.74. The highest BCUT2D eigenvalue weighted by Gasteiger charge is 2.40. The van der Waals surface area contributed by atoms with Crippen LogP contribution in [0.25, 0.3) is 0 Å². The molecule has 2 rings (SSSR count). The molecular formula is C21H29NOSi. The van der Waals surface area contributed by atoms with E-state index >= 15 is 0 Å². The molecule has 0 saturated heterocycles. The molecule has 128 valence electrons. The number of hydrogen-bond acceptors (Lipinski definition) is 2. The molecule has 0 aliphatic heterocycles. The summed E-state index contributed by atoms with van der Waals surface area (Å²) in [6.07, 6.45) is 5.01. The van der Waals surface area contributed by atoms with Gasteiger partial charge in [0.2, 0.25) is 0 Å². The third-order valence-corrected chi connectivity index (χ3v) is 9.88. The van der Waals surface area contributed by atoms with Gasteiger partial charge in [-0.1, -0.05) is 45.5 Å². The van der Waals surface area contributed by atoms with Gasteiger partial charge < -0.3 is 4.43 Å². The number of benzene rings is 1. The van der Waals surface area contributed by atoms with E-state index in [2.05, 4.69) is 51.8 Å². The van der Waals surface area contributed by atoms with Gasteiger partial charge in [-0.05, 0) is 55.2 Å². The van der Waals surface area contributed by atoms with Gasteiger partial charge in [0.1, 0.15) is 0 Å².